The van der Waals surface area contributed by atoms with Crippen LogP contribution in [-0.4, -0.2) is 64.9 Å². The van der Waals surface area contributed by atoms with Gasteiger partial charge in [-0.05, 0) is 26.7 Å². The van der Waals surface area contributed by atoms with Gasteiger partial charge in [0.15, 0.2) is 0 Å². The summed E-state index contributed by atoms with van der Waals surface area (Å²) in [5, 5.41) is 13.9. The van der Waals surface area contributed by atoms with Crippen molar-refractivity contribution in [3.05, 3.63) is 0 Å². The molecule has 0 radical (unpaired) electrons. The highest BCUT2D eigenvalue weighted by Crippen LogP contribution is 2.18. The SMILES string of the molecule is CC(NC(=O)CN)C(=O)NC(C)C(=O)N1CCCC1C(=O)O. The molecule has 124 valence electrons. The Kier molecular flexibility index (Phi) is 6.29. The van der Waals surface area contributed by atoms with Crippen molar-refractivity contribution in [1.82, 2.24) is 15.5 Å². The fourth-order valence-electron chi connectivity index (χ4n) is 2.30. The standard InChI is InChI=1S/C13H22N4O5/c1-7(15-10(18)6-14)11(19)16-8(2)12(20)17-5-3-4-9(17)13(21)22/h7-9H,3-6,14H2,1-2H3,(H,15,18)(H,16,19)(H,21,22). The third-order valence-corrected chi connectivity index (χ3v) is 3.51. The van der Waals surface area contributed by atoms with E-state index in [1.807, 2.05) is 0 Å². The summed E-state index contributed by atoms with van der Waals surface area (Å²) in [5.74, 6) is -2.51. The Morgan fingerprint density at radius 3 is 2.41 bits per heavy atom. The fraction of sp³-hybridized carbons (Fsp3) is 0.692. The molecule has 0 spiro atoms. The maximum atomic E-state index is 12.2. The predicted octanol–water partition coefficient (Wildman–Crippen LogP) is -1.97. The van der Waals surface area contributed by atoms with E-state index in [2.05, 4.69) is 10.6 Å². The van der Waals surface area contributed by atoms with E-state index >= 15 is 0 Å². The van der Waals surface area contributed by atoms with Crippen molar-refractivity contribution in [2.75, 3.05) is 13.1 Å². The van der Waals surface area contributed by atoms with Crippen molar-refractivity contribution < 1.29 is 24.3 Å². The number of aliphatic carboxylic acids is 1. The Morgan fingerprint density at radius 2 is 1.86 bits per heavy atom. The van der Waals surface area contributed by atoms with Gasteiger partial charge < -0.3 is 26.4 Å². The van der Waals surface area contributed by atoms with Gasteiger partial charge in [-0.3, -0.25) is 14.4 Å². The maximum Gasteiger partial charge on any atom is 0.326 e. The summed E-state index contributed by atoms with van der Waals surface area (Å²) < 4.78 is 0. The molecule has 0 aromatic rings. The van der Waals surface area contributed by atoms with Crippen LogP contribution in [0, 0.1) is 0 Å². The molecular formula is C13H22N4O5. The van der Waals surface area contributed by atoms with Gasteiger partial charge >= 0.3 is 5.97 Å². The third-order valence-electron chi connectivity index (χ3n) is 3.51. The van der Waals surface area contributed by atoms with E-state index in [1.165, 1.54) is 18.7 Å². The summed E-state index contributed by atoms with van der Waals surface area (Å²) in [4.78, 5) is 47.6. The van der Waals surface area contributed by atoms with Crippen LogP contribution in [0.4, 0.5) is 0 Å². The molecule has 3 unspecified atom stereocenters. The predicted molar refractivity (Wildman–Crippen MR) is 76.6 cm³/mol. The molecular weight excluding hydrogens is 292 g/mol. The molecule has 0 bridgehead atoms. The van der Waals surface area contributed by atoms with Crippen molar-refractivity contribution >= 4 is 23.7 Å². The number of carboxylic acids is 1. The van der Waals surface area contributed by atoms with Crippen molar-refractivity contribution in [3.63, 3.8) is 0 Å². The van der Waals surface area contributed by atoms with Crippen LogP contribution in [0.25, 0.3) is 0 Å². The molecule has 0 aromatic carbocycles. The first kappa shape index (κ1) is 17.9. The van der Waals surface area contributed by atoms with E-state index in [9.17, 15) is 19.2 Å². The van der Waals surface area contributed by atoms with E-state index in [1.54, 1.807) is 0 Å². The first-order valence-corrected chi connectivity index (χ1v) is 7.11. The number of amides is 3. The summed E-state index contributed by atoms with van der Waals surface area (Å²) in [6.07, 6.45) is 1.02. The van der Waals surface area contributed by atoms with E-state index < -0.39 is 41.8 Å². The van der Waals surface area contributed by atoms with E-state index in [4.69, 9.17) is 10.8 Å². The largest absolute Gasteiger partial charge is 0.480 e. The monoisotopic (exact) mass is 314 g/mol. The van der Waals surface area contributed by atoms with Gasteiger partial charge in [-0.25, -0.2) is 4.79 Å². The van der Waals surface area contributed by atoms with Gasteiger partial charge in [-0.1, -0.05) is 0 Å². The number of likely N-dealkylation sites (tertiary alicyclic amines) is 1. The molecule has 1 saturated heterocycles. The molecule has 3 amide bonds. The highest BCUT2D eigenvalue weighted by molar-refractivity contribution is 5.93. The van der Waals surface area contributed by atoms with E-state index in [-0.39, 0.29) is 6.54 Å². The number of hydrogen-bond donors (Lipinski definition) is 4. The molecule has 1 fully saturated rings. The van der Waals surface area contributed by atoms with Crippen molar-refractivity contribution in [2.45, 2.75) is 44.8 Å². The Balaban J connectivity index is 2.58. The van der Waals surface area contributed by atoms with Gasteiger partial charge in [0.05, 0.1) is 6.54 Å². The smallest absolute Gasteiger partial charge is 0.326 e. The normalized spacial score (nSPS) is 20.1. The number of nitrogens with two attached hydrogens (primary N) is 1. The van der Waals surface area contributed by atoms with Gasteiger partial charge in [0, 0.05) is 6.54 Å². The number of carbonyl (C=O) groups is 4. The highest BCUT2D eigenvalue weighted by atomic mass is 16.4. The maximum absolute atomic E-state index is 12.2. The molecule has 3 atom stereocenters. The van der Waals surface area contributed by atoms with Crippen LogP contribution in [0.2, 0.25) is 0 Å². The Hall–Kier alpha value is -2.16. The summed E-state index contributed by atoms with van der Waals surface area (Å²) >= 11 is 0. The van der Waals surface area contributed by atoms with Gasteiger partial charge in [-0.15, -0.1) is 0 Å². The molecule has 0 aromatic heterocycles. The fourth-order valence-corrected chi connectivity index (χ4v) is 2.30. The average Bonchev–Trinajstić information content (AvgIpc) is 2.95. The molecule has 0 aliphatic carbocycles. The molecule has 0 saturated carbocycles. The minimum Gasteiger partial charge on any atom is -0.480 e. The van der Waals surface area contributed by atoms with Crippen LogP contribution in [0.15, 0.2) is 0 Å². The van der Waals surface area contributed by atoms with Crippen molar-refractivity contribution in [1.29, 1.82) is 0 Å². The quantitative estimate of drug-likeness (QED) is 0.448. The lowest BCUT2D eigenvalue weighted by Crippen LogP contribution is -2.54. The highest BCUT2D eigenvalue weighted by Gasteiger charge is 2.36. The van der Waals surface area contributed by atoms with Crippen LogP contribution in [0.5, 0.6) is 0 Å². The zero-order valence-electron chi connectivity index (χ0n) is 12.7. The molecule has 9 heteroatoms. The summed E-state index contributed by atoms with van der Waals surface area (Å²) in [7, 11) is 0. The lowest BCUT2D eigenvalue weighted by molar-refractivity contribution is -0.149. The zero-order valence-corrected chi connectivity index (χ0v) is 12.7. The summed E-state index contributed by atoms with van der Waals surface area (Å²) in [5.41, 5.74) is 5.14. The molecule has 9 nitrogen and oxygen atoms in total. The number of carbonyl (C=O) groups excluding carboxylic acids is 3. The van der Waals surface area contributed by atoms with Crippen LogP contribution in [0.1, 0.15) is 26.7 Å². The van der Waals surface area contributed by atoms with E-state index in [0.29, 0.717) is 19.4 Å². The van der Waals surface area contributed by atoms with Gasteiger partial charge in [-0.2, -0.15) is 0 Å². The molecule has 1 heterocycles. The average molecular weight is 314 g/mol. The Labute approximate surface area is 128 Å². The second-order valence-electron chi connectivity index (χ2n) is 5.25. The molecule has 5 N–H and O–H groups in total. The zero-order chi connectivity index (χ0) is 16.9. The summed E-state index contributed by atoms with van der Waals surface area (Å²) in [6, 6.07) is -2.55. The van der Waals surface area contributed by atoms with E-state index in [0.717, 1.165) is 0 Å². The van der Waals surface area contributed by atoms with Crippen LogP contribution in [-0.2, 0) is 19.2 Å². The van der Waals surface area contributed by atoms with Crippen LogP contribution < -0.4 is 16.4 Å². The minimum absolute atomic E-state index is 0.236. The molecule has 1 aliphatic rings. The van der Waals surface area contributed by atoms with Gasteiger partial charge in [0.25, 0.3) is 0 Å². The lowest BCUT2D eigenvalue weighted by Gasteiger charge is -2.26. The second kappa shape index (κ2) is 7.74. The topological polar surface area (TPSA) is 142 Å². The van der Waals surface area contributed by atoms with Gasteiger partial charge in [0.1, 0.15) is 18.1 Å². The van der Waals surface area contributed by atoms with Gasteiger partial charge in [0.2, 0.25) is 17.7 Å². The number of nitrogens with one attached hydrogen (secondary N) is 2. The number of rotatable bonds is 6. The van der Waals surface area contributed by atoms with Crippen molar-refractivity contribution in [2.24, 2.45) is 5.73 Å². The first-order valence-electron chi connectivity index (χ1n) is 7.11. The molecule has 1 aliphatic heterocycles. The summed E-state index contributed by atoms with van der Waals surface area (Å²) in [6.45, 7) is 3.07. The minimum atomic E-state index is -1.05. The molecule has 22 heavy (non-hydrogen) atoms. The number of nitrogens with zero attached hydrogens (tertiary/aromatic N) is 1. The van der Waals surface area contributed by atoms with Crippen LogP contribution in [0.3, 0.4) is 0 Å². The Bertz CT molecular complexity index is 467. The Morgan fingerprint density at radius 1 is 1.23 bits per heavy atom. The lowest BCUT2D eigenvalue weighted by atomic mass is 10.2. The van der Waals surface area contributed by atoms with Crippen molar-refractivity contribution in [3.8, 4) is 0 Å². The second-order valence-corrected chi connectivity index (χ2v) is 5.25. The number of hydrogen-bond acceptors (Lipinski definition) is 5. The number of carboxylic acid groups (broad SMARTS) is 1. The molecule has 1 rings (SSSR count). The third kappa shape index (κ3) is 4.42. The first-order chi connectivity index (χ1) is 10.3. The van der Waals surface area contributed by atoms with Crippen LogP contribution >= 0.6 is 0 Å².